The first-order valence-corrected chi connectivity index (χ1v) is 7.69. The number of imidazole rings is 1. The molecule has 0 spiro atoms. The van der Waals surface area contributed by atoms with Gasteiger partial charge in [-0.3, -0.25) is 13.9 Å². The lowest BCUT2D eigenvalue weighted by molar-refractivity contribution is -0.117. The van der Waals surface area contributed by atoms with Crippen molar-refractivity contribution in [3.63, 3.8) is 0 Å². The van der Waals surface area contributed by atoms with E-state index >= 15 is 0 Å². The molecule has 0 radical (unpaired) electrons. The molecule has 2 rings (SSSR count). The average molecular weight is 306 g/mol. The smallest absolute Gasteiger partial charge is 0.325 e. The molecule has 0 atom stereocenters. The minimum absolute atomic E-state index is 0.0565. The number of aromatic nitrogens is 4. The Bertz CT molecular complexity index is 797. The zero-order chi connectivity index (χ0) is 16.3. The standard InChI is InChI=1S/C15H22N4O3/c1-4-8-17-10-16-13-12(17)14(21)19(9-6-7-11(3)20)15(22)18(13)5-2/h10H,4-9H2,1-3H3. The van der Waals surface area contributed by atoms with Crippen LogP contribution in [0, 0.1) is 0 Å². The van der Waals surface area contributed by atoms with Gasteiger partial charge >= 0.3 is 5.69 Å². The maximum Gasteiger partial charge on any atom is 0.332 e. The molecule has 22 heavy (non-hydrogen) atoms. The number of hydrogen-bond acceptors (Lipinski definition) is 4. The molecule has 0 bridgehead atoms. The van der Waals surface area contributed by atoms with E-state index < -0.39 is 0 Å². The lowest BCUT2D eigenvalue weighted by atomic mass is 10.2. The van der Waals surface area contributed by atoms with Crippen LogP contribution in [0.3, 0.4) is 0 Å². The topological polar surface area (TPSA) is 78.9 Å². The second kappa shape index (κ2) is 6.72. The first-order chi connectivity index (χ1) is 10.5. The Kier molecular flexibility index (Phi) is 4.95. The quantitative estimate of drug-likeness (QED) is 0.769. The van der Waals surface area contributed by atoms with E-state index in [0.717, 1.165) is 6.42 Å². The molecule has 0 aromatic carbocycles. The van der Waals surface area contributed by atoms with Gasteiger partial charge in [-0.15, -0.1) is 0 Å². The fraction of sp³-hybridized carbons (Fsp3) is 0.600. The summed E-state index contributed by atoms with van der Waals surface area (Å²) in [5.74, 6) is 0.0565. The van der Waals surface area contributed by atoms with Gasteiger partial charge in [0, 0.05) is 26.1 Å². The summed E-state index contributed by atoms with van der Waals surface area (Å²) < 4.78 is 4.53. The van der Waals surface area contributed by atoms with Crippen molar-refractivity contribution in [3.8, 4) is 0 Å². The van der Waals surface area contributed by atoms with Crippen LogP contribution in [-0.2, 0) is 24.4 Å². The summed E-state index contributed by atoms with van der Waals surface area (Å²) in [6.07, 6.45) is 3.34. The second-order valence-corrected chi connectivity index (χ2v) is 5.40. The Balaban J connectivity index is 2.60. The van der Waals surface area contributed by atoms with Crippen molar-refractivity contribution in [2.75, 3.05) is 0 Å². The molecule has 0 aliphatic rings. The van der Waals surface area contributed by atoms with Gasteiger partial charge in [0.15, 0.2) is 11.2 Å². The van der Waals surface area contributed by atoms with Gasteiger partial charge in [-0.2, -0.15) is 0 Å². The first-order valence-electron chi connectivity index (χ1n) is 7.69. The molecule has 0 amide bonds. The highest BCUT2D eigenvalue weighted by atomic mass is 16.2. The number of carbonyl (C=O) groups is 1. The number of nitrogens with zero attached hydrogens (tertiary/aromatic N) is 4. The average Bonchev–Trinajstić information content (AvgIpc) is 2.87. The van der Waals surface area contributed by atoms with Gasteiger partial charge in [0.05, 0.1) is 6.33 Å². The molecular formula is C15H22N4O3. The predicted molar refractivity (Wildman–Crippen MR) is 84.1 cm³/mol. The van der Waals surface area contributed by atoms with E-state index in [9.17, 15) is 14.4 Å². The zero-order valence-corrected chi connectivity index (χ0v) is 13.3. The Morgan fingerprint density at radius 1 is 1.18 bits per heavy atom. The summed E-state index contributed by atoms with van der Waals surface area (Å²) in [7, 11) is 0. The maximum atomic E-state index is 12.7. The normalized spacial score (nSPS) is 11.2. The van der Waals surface area contributed by atoms with Crippen LogP contribution >= 0.6 is 0 Å². The molecule has 0 saturated heterocycles. The molecule has 0 fully saturated rings. The van der Waals surface area contributed by atoms with Crippen LogP contribution in [0.2, 0.25) is 0 Å². The van der Waals surface area contributed by atoms with E-state index in [1.54, 1.807) is 10.9 Å². The highest BCUT2D eigenvalue weighted by molar-refractivity contribution is 5.75. The van der Waals surface area contributed by atoms with Crippen LogP contribution in [0.15, 0.2) is 15.9 Å². The van der Waals surface area contributed by atoms with Crippen molar-refractivity contribution in [1.82, 2.24) is 18.7 Å². The van der Waals surface area contributed by atoms with Crippen LogP contribution in [0.5, 0.6) is 0 Å². The highest BCUT2D eigenvalue weighted by Crippen LogP contribution is 2.07. The van der Waals surface area contributed by atoms with Crippen molar-refractivity contribution in [2.45, 2.75) is 59.7 Å². The summed E-state index contributed by atoms with van der Waals surface area (Å²) in [5, 5.41) is 0. The summed E-state index contributed by atoms with van der Waals surface area (Å²) >= 11 is 0. The minimum atomic E-state index is -0.356. The van der Waals surface area contributed by atoms with Gasteiger partial charge in [-0.05, 0) is 26.7 Å². The van der Waals surface area contributed by atoms with E-state index in [1.165, 1.54) is 16.1 Å². The highest BCUT2D eigenvalue weighted by Gasteiger charge is 2.16. The largest absolute Gasteiger partial charge is 0.332 e. The number of ketones is 1. The Morgan fingerprint density at radius 2 is 1.91 bits per heavy atom. The third-order valence-corrected chi connectivity index (χ3v) is 3.67. The molecular weight excluding hydrogens is 284 g/mol. The molecule has 2 aromatic rings. The number of fused-ring (bicyclic) bond motifs is 1. The van der Waals surface area contributed by atoms with Crippen LogP contribution in [-0.4, -0.2) is 24.5 Å². The zero-order valence-electron chi connectivity index (χ0n) is 13.3. The summed E-state index contributed by atoms with van der Waals surface area (Å²) in [6, 6.07) is 0. The summed E-state index contributed by atoms with van der Waals surface area (Å²) in [5.41, 5.74) is 0.226. The van der Waals surface area contributed by atoms with E-state index in [4.69, 9.17) is 0 Å². The van der Waals surface area contributed by atoms with Crippen LogP contribution < -0.4 is 11.2 Å². The molecule has 2 heterocycles. The molecule has 0 aliphatic heterocycles. The molecule has 7 heteroatoms. The van der Waals surface area contributed by atoms with Gasteiger partial charge in [0.2, 0.25) is 0 Å². The molecule has 120 valence electrons. The van der Waals surface area contributed by atoms with E-state index in [0.29, 0.717) is 37.1 Å². The maximum absolute atomic E-state index is 12.7. The number of aryl methyl sites for hydroxylation is 2. The number of carbonyl (C=O) groups excluding carboxylic acids is 1. The van der Waals surface area contributed by atoms with Crippen molar-refractivity contribution in [1.29, 1.82) is 0 Å². The van der Waals surface area contributed by atoms with Crippen LogP contribution in [0.4, 0.5) is 0 Å². The SMILES string of the molecule is CCCn1cnc2c1c(=O)n(CCCC(C)=O)c(=O)n2CC. The molecule has 0 aliphatic carbocycles. The molecule has 7 nitrogen and oxygen atoms in total. The number of Topliss-reactive ketones (excluding diaryl/α,β-unsaturated/α-hetero) is 1. The summed E-state index contributed by atoms with van der Waals surface area (Å²) in [4.78, 5) is 40.4. The lowest BCUT2D eigenvalue weighted by Crippen LogP contribution is -2.40. The van der Waals surface area contributed by atoms with Crippen LogP contribution in [0.25, 0.3) is 11.2 Å². The van der Waals surface area contributed by atoms with Gasteiger partial charge in [-0.25, -0.2) is 9.78 Å². The molecule has 0 saturated carbocycles. The molecule has 2 aromatic heterocycles. The monoisotopic (exact) mass is 306 g/mol. The second-order valence-electron chi connectivity index (χ2n) is 5.40. The fourth-order valence-electron chi connectivity index (χ4n) is 2.62. The van der Waals surface area contributed by atoms with Crippen LogP contribution in [0.1, 0.15) is 40.0 Å². The van der Waals surface area contributed by atoms with Crippen molar-refractivity contribution in [2.24, 2.45) is 0 Å². The van der Waals surface area contributed by atoms with Crippen molar-refractivity contribution >= 4 is 16.9 Å². The molecule has 0 unspecified atom stereocenters. The van der Waals surface area contributed by atoms with Gasteiger partial charge in [0.25, 0.3) is 5.56 Å². The van der Waals surface area contributed by atoms with Gasteiger partial charge < -0.3 is 9.36 Å². The Labute approximate surface area is 128 Å². The fourth-order valence-corrected chi connectivity index (χ4v) is 2.62. The Hall–Kier alpha value is -2.18. The molecule has 0 N–H and O–H groups in total. The van der Waals surface area contributed by atoms with Gasteiger partial charge in [-0.1, -0.05) is 6.92 Å². The van der Waals surface area contributed by atoms with Gasteiger partial charge in [0.1, 0.15) is 5.78 Å². The van der Waals surface area contributed by atoms with E-state index in [2.05, 4.69) is 4.98 Å². The Morgan fingerprint density at radius 3 is 2.50 bits per heavy atom. The van der Waals surface area contributed by atoms with Crippen molar-refractivity contribution in [3.05, 3.63) is 27.2 Å². The number of hydrogen-bond donors (Lipinski definition) is 0. The van der Waals surface area contributed by atoms with E-state index in [1.807, 2.05) is 13.8 Å². The summed E-state index contributed by atoms with van der Waals surface area (Å²) in [6.45, 7) is 6.76. The van der Waals surface area contributed by atoms with E-state index in [-0.39, 0.29) is 23.6 Å². The first kappa shape index (κ1) is 16.2. The lowest BCUT2D eigenvalue weighted by Gasteiger charge is -2.10. The number of rotatable bonds is 7. The third-order valence-electron chi connectivity index (χ3n) is 3.67. The van der Waals surface area contributed by atoms with Crippen molar-refractivity contribution < 1.29 is 4.79 Å². The third kappa shape index (κ3) is 2.88. The minimum Gasteiger partial charge on any atom is -0.325 e. The predicted octanol–water partition coefficient (Wildman–Crippen LogP) is 1.16.